The molecule has 0 radical (unpaired) electrons. The molecule has 2 N–H and O–H groups in total. The van der Waals surface area contributed by atoms with Crippen molar-refractivity contribution in [2.45, 2.75) is 46.6 Å². The number of ether oxygens (including phenoxy) is 1. The van der Waals surface area contributed by atoms with Gasteiger partial charge in [-0.25, -0.2) is 9.78 Å². The topological polar surface area (TPSA) is 63.2 Å². The SMILES string of the molecule is CC(C)CCCNC(=O)Nc1cccnc1OC(C)C. The summed E-state index contributed by atoms with van der Waals surface area (Å²) in [7, 11) is 0. The van der Waals surface area contributed by atoms with Crippen molar-refractivity contribution >= 4 is 11.7 Å². The first-order chi connectivity index (χ1) is 9.49. The lowest BCUT2D eigenvalue weighted by Crippen LogP contribution is -2.30. The Morgan fingerprint density at radius 1 is 1.35 bits per heavy atom. The number of hydrogen-bond donors (Lipinski definition) is 2. The van der Waals surface area contributed by atoms with E-state index in [9.17, 15) is 4.79 Å². The highest BCUT2D eigenvalue weighted by molar-refractivity contribution is 5.90. The van der Waals surface area contributed by atoms with Crippen molar-refractivity contribution in [3.8, 4) is 5.88 Å². The number of nitrogens with zero attached hydrogens (tertiary/aromatic N) is 1. The van der Waals surface area contributed by atoms with Crippen LogP contribution in [-0.4, -0.2) is 23.7 Å². The number of urea groups is 1. The van der Waals surface area contributed by atoms with Crippen molar-refractivity contribution in [1.82, 2.24) is 10.3 Å². The van der Waals surface area contributed by atoms with Gasteiger partial charge >= 0.3 is 6.03 Å². The Morgan fingerprint density at radius 2 is 2.10 bits per heavy atom. The Morgan fingerprint density at radius 3 is 2.75 bits per heavy atom. The van der Waals surface area contributed by atoms with Crippen LogP contribution in [0, 0.1) is 5.92 Å². The summed E-state index contributed by atoms with van der Waals surface area (Å²) in [6, 6.07) is 3.32. The summed E-state index contributed by atoms with van der Waals surface area (Å²) in [6.07, 6.45) is 3.74. The van der Waals surface area contributed by atoms with Crippen LogP contribution in [-0.2, 0) is 0 Å². The van der Waals surface area contributed by atoms with Crippen molar-refractivity contribution in [3.05, 3.63) is 18.3 Å². The molecule has 112 valence electrons. The van der Waals surface area contributed by atoms with Crippen LogP contribution in [0.2, 0.25) is 0 Å². The smallest absolute Gasteiger partial charge is 0.319 e. The van der Waals surface area contributed by atoms with Crippen LogP contribution in [0.3, 0.4) is 0 Å². The third-order valence-corrected chi connectivity index (χ3v) is 2.61. The van der Waals surface area contributed by atoms with Crippen molar-refractivity contribution in [3.63, 3.8) is 0 Å². The van der Waals surface area contributed by atoms with Gasteiger partial charge in [0.25, 0.3) is 0 Å². The molecule has 0 spiro atoms. The Bertz CT molecular complexity index is 419. The fraction of sp³-hybridized carbons (Fsp3) is 0.600. The van der Waals surface area contributed by atoms with E-state index in [1.807, 2.05) is 13.8 Å². The Labute approximate surface area is 121 Å². The Balaban J connectivity index is 2.45. The van der Waals surface area contributed by atoms with Gasteiger partial charge in [-0.15, -0.1) is 0 Å². The van der Waals surface area contributed by atoms with Crippen LogP contribution in [0.15, 0.2) is 18.3 Å². The molecule has 1 aromatic rings. The molecule has 0 unspecified atom stereocenters. The predicted octanol–water partition coefficient (Wildman–Crippen LogP) is 3.43. The maximum atomic E-state index is 11.8. The highest BCUT2D eigenvalue weighted by atomic mass is 16.5. The first kappa shape index (κ1) is 16.3. The zero-order valence-electron chi connectivity index (χ0n) is 12.8. The zero-order chi connectivity index (χ0) is 15.0. The number of carbonyl (C=O) groups excluding carboxylic acids is 1. The number of nitrogens with one attached hydrogen (secondary N) is 2. The van der Waals surface area contributed by atoms with Gasteiger partial charge in [-0.3, -0.25) is 0 Å². The second-order valence-electron chi connectivity index (χ2n) is 5.44. The van der Waals surface area contributed by atoms with Crippen molar-refractivity contribution in [2.24, 2.45) is 5.92 Å². The zero-order valence-corrected chi connectivity index (χ0v) is 12.8. The summed E-state index contributed by atoms with van der Waals surface area (Å²) < 4.78 is 5.55. The van der Waals surface area contributed by atoms with Gasteiger partial charge in [-0.1, -0.05) is 13.8 Å². The number of carbonyl (C=O) groups is 1. The molecule has 0 atom stereocenters. The summed E-state index contributed by atoms with van der Waals surface area (Å²) in [5.41, 5.74) is 0.586. The predicted molar refractivity (Wildman–Crippen MR) is 81.1 cm³/mol. The summed E-state index contributed by atoms with van der Waals surface area (Å²) in [6.45, 7) is 8.86. The number of hydrogen-bond acceptors (Lipinski definition) is 3. The molecular formula is C15H25N3O2. The highest BCUT2D eigenvalue weighted by Crippen LogP contribution is 2.21. The minimum absolute atomic E-state index is 0.0135. The molecule has 0 aliphatic heterocycles. The van der Waals surface area contributed by atoms with Gasteiger partial charge in [-0.2, -0.15) is 0 Å². The van der Waals surface area contributed by atoms with Gasteiger partial charge in [0.1, 0.15) is 5.69 Å². The standard InChI is InChI=1S/C15H25N3O2/c1-11(2)7-5-10-17-15(19)18-13-8-6-9-16-14(13)20-12(3)4/h6,8-9,11-12H,5,7,10H2,1-4H3,(H2,17,18,19). The van der Waals surface area contributed by atoms with E-state index in [1.165, 1.54) is 0 Å². The van der Waals surface area contributed by atoms with Crippen LogP contribution >= 0.6 is 0 Å². The molecule has 0 aromatic carbocycles. The van der Waals surface area contributed by atoms with E-state index in [-0.39, 0.29) is 12.1 Å². The first-order valence-corrected chi connectivity index (χ1v) is 7.15. The number of anilines is 1. The van der Waals surface area contributed by atoms with Gasteiger partial charge in [0.2, 0.25) is 5.88 Å². The molecule has 1 rings (SSSR count). The van der Waals surface area contributed by atoms with E-state index in [0.29, 0.717) is 24.0 Å². The van der Waals surface area contributed by atoms with E-state index in [4.69, 9.17) is 4.74 Å². The van der Waals surface area contributed by atoms with E-state index in [1.54, 1.807) is 18.3 Å². The average Bonchev–Trinajstić information content (AvgIpc) is 2.36. The van der Waals surface area contributed by atoms with Gasteiger partial charge < -0.3 is 15.4 Å². The summed E-state index contributed by atoms with van der Waals surface area (Å²) in [5.74, 6) is 1.10. The monoisotopic (exact) mass is 279 g/mol. The average molecular weight is 279 g/mol. The first-order valence-electron chi connectivity index (χ1n) is 7.15. The van der Waals surface area contributed by atoms with E-state index in [2.05, 4.69) is 29.5 Å². The normalized spacial score (nSPS) is 10.7. The molecule has 0 bridgehead atoms. The maximum Gasteiger partial charge on any atom is 0.319 e. The fourth-order valence-electron chi connectivity index (χ4n) is 1.68. The second-order valence-corrected chi connectivity index (χ2v) is 5.44. The van der Waals surface area contributed by atoms with Gasteiger partial charge in [0.15, 0.2) is 0 Å². The molecule has 0 saturated carbocycles. The van der Waals surface area contributed by atoms with Crippen molar-refractivity contribution < 1.29 is 9.53 Å². The minimum Gasteiger partial charge on any atom is -0.473 e. The van der Waals surface area contributed by atoms with Crippen LogP contribution in [0.4, 0.5) is 10.5 Å². The third-order valence-electron chi connectivity index (χ3n) is 2.61. The second kappa shape index (κ2) is 8.40. The van der Waals surface area contributed by atoms with Crippen LogP contribution in [0.25, 0.3) is 0 Å². The molecule has 1 heterocycles. The highest BCUT2D eigenvalue weighted by Gasteiger charge is 2.09. The van der Waals surface area contributed by atoms with Gasteiger partial charge in [0.05, 0.1) is 6.10 Å². The van der Waals surface area contributed by atoms with Crippen LogP contribution in [0.5, 0.6) is 5.88 Å². The largest absolute Gasteiger partial charge is 0.473 e. The molecule has 0 aliphatic rings. The minimum atomic E-state index is -0.227. The maximum absolute atomic E-state index is 11.8. The third kappa shape index (κ3) is 6.41. The summed E-state index contributed by atoms with van der Waals surface area (Å²) in [5, 5.41) is 5.60. The summed E-state index contributed by atoms with van der Waals surface area (Å²) in [4.78, 5) is 15.9. The van der Waals surface area contributed by atoms with Crippen molar-refractivity contribution in [1.29, 1.82) is 0 Å². The number of amides is 2. The lowest BCUT2D eigenvalue weighted by atomic mass is 10.1. The van der Waals surface area contributed by atoms with Gasteiger partial charge in [0, 0.05) is 12.7 Å². The molecule has 20 heavy (non-hydrogen) atoms. The molecule has 0 aliphatic carbocycles. The number of rotatable bonds is 7. The Hall–Kier alpha value is -1.78. The molecule has 1 aromatic heterocycles. The van der Waals surface area contributed by atoms with Crippen LogP contribution < -0.4 is 15.4 Å². The molecular weight excluding hydrogens is 254 g/mol. The van der Waals surface area contributed by atoms with Crippen molar-refractivity contribution in [2.75, 3.05) is 11.9 Å². The molecule has 2 amide bonds. The Kier molecular flexibility index (Phi) is 6.84. The lowest BCUT2D eigenvalue weighted by Gasteiger charge is -2.14. The number of pyridine rings is 1. The molecule has 5 nitrogen and oxygen atoms in total. The lowest BCUT2D eigenvalue weighted by molar-refractivity contribution is 0.233. The van der Waals surface area contributed by atoms with E-state index < -0.39 is 0 Å². The van der Waals surface area contributed by atoms with E-state index in [0.717, 1.165) is 12.8 Å². The van der Waals surface area contributed by atoms with Crippen LogP contribution in [0.1, 0.15) is 40.5 Å². The fourth-order valence-corrected chi connectivity index (χ4v) is 1.68. The molecule has 5 heteroatoms. The number of aromatic nitrogens is 1. The molecule has 0 saturated heterocycles. The van der Waals surface area contributed by atoms with Gasteiger partial charge in [-0.05, 0) is 44.7 Å². The van der Waals surface area contributed by atoms with E-state index >= 15 is 0 Å². The quantitative estimate of drug-likeness (QED) is 0.752. The summed E-state index contributed by atoms with van der Waals surface area (Å²) >= 11 is 0. The molecule has 0 fully saturated rings.